The van der Waals surface area contributed by atoms with Crippen LogP contribution < -0.4 is 0 Å². The van der Waals surface area contributed by atoms with Gasteiger partial charge in [-0.15, -0.1) is 0 Å². The molecule has 0 aliphatic carbocycles. The lowest BCUT2D eigenvalue weighted by Crippen LogP contribution is -1.96. The first-order valence-electron chi connectivity index (χ1n) is 11.2. The molecular formula is C31H23NO. The van der Waals surface area contributed by atoms with Crippen LogP contribution in [0.1, 0.15) is 18.2 Å². The zero-order valence-electron chi connectivity index (χ0n) is 18.5. The first-order valence-corrected chi connectivity index (χ1v) is 11.2. The molecule has 2 heterocycles. The van der Waals surface area contributed by atoms with Crippen molar-refractivity contribution in [2.75, 3.05) is 0 Å². The molecule has 0 aliphatic rings. The highest BCUT2D eigenvalue weighted by Gasteiger charge is 2.17. The fourth-order valence-corrected chi connectivity index (χ4v) is 4.88. The molecule has 0 saturated carbocycles. The summed E-state index contributed by atoms with van der Waals surface area (Å²) in [6.45, 7) is 6.18. The quantitative estimate of drug-likeness (QED) is 0.276. The zero-order valence-corrected chi connectivity index (χ0v) is 18.5. The summed E-state index contributed by atoms with van der Waals surface area (Å²) >= 11 is 0. The number of rotatable bonds is 4. The molecule has 0 unspecified atom stereocenters. The van der Waals surface area contributed by atoms with Crippen molar-refractivity contribution in [3.63, 3.8) is 0 Å². The smallest absolute Gasteiger partial charge is 0.143 e. The molecule has 2 aromatic heterocycles. The van der Waals surface area contributed by atoms with Crippen LogP contribution in [-0.4, -0.2) is 4.57 Å². The topological polar surface area (TPSA) is 18.1 Å². The standard InChI is InChI=1S/C31H23NO/c1-3-11-24-27-20-21(18-19-29(27)32(28(24)4-2)22-12-6-5-7-13-22)23-15-10-16-26-25-14-8-9-17-30(25)33-31(23)26/h3-20H,2H2,1H3/b11-3-. The SMILES string of the molecule is C=Cc1c(/C=C\C)c2cc(-c3cccc4c3oc3ccccc34)ccc2n1-c1ccccc1. The van der Waals surface area contributed by atoms with E-state index < -0.39 is 0 Å². The van der Waals surface area contributed by atoms with Gasteiger partial charge in [-0.2, -0.15) is 0 Å². The highest BCUT2D eigenvalue weighted by atomic mass is 16.3. The van der Waals surface area contributed by atoms with Crippen LogP contribution in [0.25, 0.3) is 61.8 Å². The zero-order chi connectivity index (χ0) is 22.4. The van der Waals surface area contributed by atoms with Crippen LogP contribution in [-0.2, 0) is 0 Å². The lowest BCUT2D eigenvalue weighted by molar-refractivity contribution is 0.670. The second kappa shape index (κ2) is 7.68. The highest BCUT2D eigenvalue weighted by Crippen LogP contribution is 2.39. The minimum absolute atomic E-state index is 0.916. The summed E-state index contributed by atoms with van der Waals surface area (Å²) in [7, 11) is 0. The van der Waals surface area contributed by atoms with Crippen LogP contribution in [0, 0.1) is 0 Å². The molecule has 0 N–H and O–H groups in total. The van der Waals surface area contributed by atoms with Gasteiger partial charge >= 0.3 is 0 Å². The van der Waals surface area contributed by atoms with Gasteiger partial charge in [0.2, 0.25) is 0 Å². The Morgan fingerprint density at radius 1 is 0.788 bits per heavy atom. The summed E-state index contributed by atoms with van der Waals surface area (Å²) in [6.07, 6.45) is 6.20. The first-order chi connectivity index (χ1) is 16.3. The molecule has 2 nitrogen and oxygen atoms in total. The van der Waals surface area contributed by atoms with Crippen LogP contribution in [0.3, 0.4) is 0 Å². The van der Waals surface area contributed by atoms with E-state index in [2.05, 4.69) is 103 Å². The van der Waals surface area contributed by atoms with Crippen molar-refractivity contribution >= 4 is 45.0 Å². The monoisotopic (exact) mass is 425 g/mol. The van der Waals surface area contributed by atoms with Gasteiger partial charge in [-0.25, -0.2) is 0 Å². The molecule has 6 rings (SSSR count). The van der Waals surface area contributed by atoms with Crippen molar-refractivity contribution in [1.29, 1.82) is 0 Å². The number of allylic oxidation sites excluding steroid dienone is 1. The Kier molecular flexibility index (Phi) is 4.51. The minimum Gasteiger partial charge on any atom is -0.455 e. The number of fused-ring (bicyclic) bond motifs is 4. The summed E-state index contributed by atoms with van der Waals surface area (Å²) in [5.41, 5.74) is 8.63. The summed E-state index contributed by atoms with van der Waals surface area (Å²) < 4.78 is 8.59. The van der Waals surface area contributed by atoms with E-state index in [9.17, 15) is 0 Å². The van der Waals surface area contributed by atoms with Crippen LogP contribution in [0.15, 0.2) is 108 Å². The maximum absolute atomic E-state index is 6.31. The Balaban J connectivity index is 1.66. The van der Waals surface area contributed by atoms with E-state index in [1.807, 2.05) is 24.3 Å². The number of hydrogen-bond donors (Lipinski definition) is 0. The van der Waals surface area contributed by atoms with E-state index >= 15 is 0 Å². The molecule has 0 amide bonds. The average Bonchev–Trinajstić information content (AvgIpc) is 3.40. The molecule has 0 saturated heterocycles. The Morgan fingerprint density at radius 2 is 1.58 bits per heavy atom. The number of nitrogens with zero attached hydrogens (tertiary/aromatic N) is 1. The molecule has 158 valence electrons. The van der Waals surface area contributed by atoms with Crippen LogP contribution in [0.5, 0.6) is 0 Å². The van der Waals surface area contributed by atoms with Crippen molar-refractivity contribution in [3.05, 3.63) is 115 Å². The highest BCUT2D eigenvalue weighted by molar-refractivity contribution is 6.10. The summed E-state index contributed by atoms with van der Waals surface area (Å²) in [4.78, 5) is 0. The number of para-hydroxylation sites is 3. The average molecular weight is 426 g/mol. The van der Waals surface area contributed by atoms with Gasteiger partial charge in [0.05, 0.1) is 11.2 Å². The second-order valence-electron chi connectivity index (χ2n) is 8.19. The van der Waals surface area contributed by atoms with Crippen molar-refractivity contribution < 1.29 is 4.42 Å². The van der Waals surface area contributed by atoms with Crippen LogP contribution in [0.4, 0.5) is 0 Å². The van der Waals surface area contributed by atoms with E-state index in [-0.39, 0.29) is 0 Å². The molecular weight excluding hydrogens is 402 g/mol. The Morgan fingerprint density at radius 3 is 2.39 bits per heavy atom. The molecule has 0 radical (unpaired) electrons. The van der Waals surface area contributed by atoms with Crippen molar-refractivity contribution in [2.45, 2.75) is 6.92 Å². The van der Waals surface area contributed by atoms with Crippen LogP contribution in [0.2, 0.25) is 0 Å². The van der Waals surface area contributed by atoms with Crippen molar-refractivity contribution in [2.24, 2.45) is 0 Å². The molecule has 0 bridgehead atoms. The van der Waals surface area contributed by atoms with E-state index in [1.54, 1.807) is 0 Å². The molecule has 33 heavy (non-hydrogen) atoms. The number of furan rings is 1. The molecule has 0 spiro atoms. The summed E-state index contributed by atoms with van der Waals surface area (Å²) in [5, 5.41) is 3.48. The van der Waals surface area contributed by atoms with Crippen LogP contribution >= 0.6 is 0 Å². The van der Waals surface area contributed by atoms with Gasteiger partial charge < -0.3 is 8.98 Å². The number of aromatic nitrogens is 1. The third kappa shape index (κ3) is 2.95. The first kappa shape index (κ1) is 19.4. The lowest BCUT2D eigenvalue weighted by atomic mass is 9.99. The maximum atomic E-state index is 6.31. The summed E-state index contributed by atoms with van der Waals surface area (Å²) in [6, 6.07) is 31.7. The van der Waals surface area contributed by atoms with E-state index in [0.29, 0.717) is 0 Å². The van der Waals surface area contributed by atoms with E-state index in [4.69, 9.17) is 4.42 Å². The fraction of sp³-hybridized carbons (Fsp3) is 0.0323. The Labute approximate surface area is 192 Å². The van der Waals surface area contributed by atoms with Gasteiger partial charge in [0.1, 0.15) is 11.2 Å². The third-order valence-corrected chi connectivity index (χ3v) is 6.30. The van der Waals surface area contributed by atoms with Crippen molar-refractivity contribution in [3.8, 4) is 16.8 Å². The Hall–Kier alpha value is -4.30. The fourth-order valence-electron chi connectivity index (χ4n) is 4.88. The van der Waals surface area contributed by atoms with Crippen molar-refractivity contribution in [1.82, 2.24) is 4.57 Å². The number of benzene rings is 4. The molecule has 6 aromatic rings. The van der Waals surface area contributed by atoms with Gasteiger partial charge in [-0.05, 0) is 48.9 Å². The molecule has 2 heteroatoms. The largest absolute Gasteiger partial charge is 0.455 e. The van der Waals surface area contributed by atoms with Gasteiger partial charge in [0.25, 0.3) is 0 Å². The molecule has 0 atom stereocenters. The molecule has 4 aromatic carbocycles. The number of hydrogen-bond acceptors (Lipinski definition) is 1. The van der Waals surface area contributed by atoms with E-state index in [1.165, 1.54) is 10.9 Å². The van der Waals surface area contributed by atoms with Gasteiger partial charge in [-0.3, -0.25) is 0 Å². The van der Waals surface area contributed by atoms with Gasteiger partial charge in [-0.1, -0.05) is 79.4 Å². The van der Waals surface area contributed by atoms with Gasteiger partial charge in [0, 0.05) is 33.0 Å². The normalized spacial score (nSPS) is 11.8. The van der Waals surface area contributed by atoms with E-state index in [0.717, 1.165) is 50.0 Å². The predicted molar refractivity (Wildman–Crippen MR) is 141 cm³/mol. The minimum atomic E-state index is 0.916. The molecule has 0 fully saturated rings. The Bertz CT molecular complexity index is 1680. The van der Waals surface area contributed by atoms with Gasteiger partial charge in [0.15, 0.2) is 0 Å². The second-order valence-corrected chi connectivity index (χ2v) is 8.19. The molecule has 0 aliphatic heterocycles. The summed E-state index contributed by atoms with van der Waals surface area (Å²) in [5.74, 6) is 0. The third-order valence-electron chi connectivity index (χ3n) is 6.30. The predicted octanol–water partition coefficient (Wildman–Crippen LogP) is 8.87. The maximum Gasteiger partial charge on any atom is 0.143 e. The lowest BCUT2D eigenvalue weighted by Gasteiger charge is -2.09.